The molecule has 0 aliphatic carbocycles. The molecule has 0 saturated heterocycles. The summed E-state index contributed by atoms with van der Waals surface area (Å²) in [5, 5.41) is 4.45. The molecule has 0 spiro atoms. The number of aryl methyl sites for hydroxylation is 1. The normalized spacial score (nSPS) is 12.9. The van der Waals surface area contributed by atoms with E-state index in [-0.39, 0.29) is 0 Å². The van der Waals surface area contributed by atoms with Crippen LogP contribution in [0.2, 0.25) is 0 Å². The van der Waals surface area contributed by atoms with Crippen molar-refractivity contribution in [1.29, 1.82) is 0 Å². The third kappa shape index (κ3) is 2.76. The van der Waals surface area contributed by atoms with Crippen LogP contribution in [0.5, 0.6) is 0 Å². The monoisotopic (exact) mass is 250 g/mol. The van der Waals surface area contributed by atoms with E-state index < -0.39 is 0 Å². The summed E-state index contributed by atoms with van der Waals surface area (Å²) in [7, 11) is 0. The van der Waals surface area contributed by atoms with E-state index in [1.54, 1.807) is 17.6 Å². The molecular weight excluding hydrogens is 232 g/mol. The lowest BCUT2D eigenvalue weighted by molar-refractivity contribution is 0.575. The molecule has 4 heteroatoms. The number of nitrogens with zero attached hydrogens (tertiary/aromatic N) is 1. The van der Waals surface area contributed by atoms with Gasteiger partial charge in [0.2, 0.25) is 0 Å². The zero-order valence-corrected chi connectivity index (χ0v) is 11.3. The Kier molecular flexibility index (Phi) is 3.97. The minimum atomic E-state index is 0.358. The van der Waals surface area contributed by atoms with Gasteiger partial charge in [-0.25, -0.2) is 4.98 Å². The van der Waals surface area contributed by atoms with Crippen molar-refractivity contribution in [2.45, 2.75) is 33.2 Å². The molecule has 1 atom stereocenters. The second kappa shape index (κ2) is 5.47. The standard InChI is InChI=1S/C13H18N2OS/c1-4-7-14-9(2)12-10(3)15-13(17-12)11-6-5-8-16-11/h5-6,8-9,14H,4,7H2,1-3H3. The third-order valence-electron chi connectivity index (χ3n) is 2.66. The molecule has 3 nitrogen and oxygen atoms in total. The van der Waals surface area contributed by atoms with Gasteiger partial charge in [-0.05, 0) is 38.9 Å². The van der Waals surface area contributed by atoms with E-state index in [0.29, 0.717) is 6.04 Å². The predicted octanol–water partition coefficient (Wildman–Crippen LogP) is 3.77. The van der Waals surface area contributed by atoms with Crippen LogP contribution in [0.1, 0.15) is 36.9 Å². The Morgan fingerprint density at radius 3 is 3.00 bits per heavy atom. The van der Waals surface area contributed by atoms with Gasteiger partial charge in [0.25, 0.3) is 0 Å². The topological polar surface area (TPSA) is 38.1 Å². The molecular formula is C13H18N2OS. The van der Waals surface area contributed by atoms with Crippen LogP contribution >= 0.6 is 11.3 Å². The maximum Gasteiger partial charge on any atom is 0.162 e. The number of hydrogen-bond donors (Lipinski definition) is 1. The van der Waals surface area contributed by atoms with E-state index in [1.807, 2.05) is 12.1 Å². The smallest absolute Gasteiger partial charge is 0.162 e. The molecule has 2 aromatic rings. The number of rotatable bonds is 5. The van der Waals surface area contributed by atoms with Gasteiger partial charge in [-0.1, -0.05) is 6.92 Å². The van der Waals surface area contributed by atoms with Gasteiger partial charge in [0.15, 0.2) is 10.8 Å². The van der Waals surface area contributed by atoms with Crippen LogP contribution in [-0.2, 0) is 0 Å². The van der Waals surface area contributed by atoms with Crippen LogP contribution in [-0.4, -0.2) is 11.5 Å². The number of thiazole rings is 1. The molecule has 2 heterocycles. The van der Waals surface area contributed by atoms with Crippen LogP contribution in [0.25, 0.3) is 10.8 Å². The lowest BCUT2D eigenvalue weighted by atomic mass is 10.2. The molecule has 1 N–H and O–H groups in total. The van der Waals surface area contributed by atoms with Gasteiger partial charge in [0, 0.05) is 10.9 Å². The maximum absolute atomic E-state index is 5.38. The minimum Gasteiger partial charge on any atom is -0.462 e. The fourth-order valence-electron chi connectivity index (χ4n) is 1.77. The van der Waals surface area contributed by atoms with Gasteiger partial charge >= 0.3 is 0 Å². The molecule has 2 aromatic heterocycles. The summed E-state index contributed by atoms with van der Waals surface area (Å²) < 4.78 is 5.38. The maximum atomic E-state index is 5.38. The average Bonchev–Trinajstić information content (AvgIpc) is 2.94. The average molecular weight is 250 g/mol. The predicted molar refractivity (Wildman–Crippen MR) is 71.3 cm³/mol. The summed E-state index contributed by atoms with van der Waals surface area (Å²) >= 11 is 1.71. The zero-order chi connectivity index (χ0) is 12.3. The second-order valence-corrected chi connectivity index (χ2v) is 5.15. The summed E-state index contributed by atoms with van der Waals surface area (Å²) in [6, 6.07) is 4.20. The summed E-state index contributed by atoms with van der Waals surface area (Å²) in [6.45, 7) is 7.45. The summed E-state index contributed by atoms with van der Waals surface area (Å²) in [5.74, 6) is 0.854. The van der Waals surface area contributed by atoms with E-state index in [1.165, 1.54) is 4.88 Å². The van der Waals surface area contributed by atoms with E-state index in [9.17, 15) is 0 Å². The van der Waals surface area contributed by atoms with Crippen molar-refractivity contribution in [3.63, 3.8) is 0 Å². The van der Waals surface area contributed by atoms with E-state index in [0.717, 1.165) is 29.4 Å². The molecule has 2 rings (SSSR count). The summed E-state index contributed by atoms with van der Waals surface area (Å²) in [6.07, 6.45) is 2.83. The highest BCUT2D eigenvalue weighted by Crippen LogP contribution is 2.31. The van der Waals surface area contributed by atoms with Crippen molar-refractivity contribution < 1.29 is 4.42 Å². The summed E-state index contributed by atoms with van der Waals surface area (Å²) in [4.78, 5) is 5.86. The van der Waals surface area contributed by atoms with Gasteiger partial charge in [-0.15, -0.1) is 11.3 Å². The first-order valence-electron chi connectivity index (χ1n) is 5.97. The van der Waals surface area contributed by atoms with E-state index >= 15 is 0 Å². The summed E-state index contributed by atoms with van der Waals surface area (Å²) in [5.41, 5.74) is 1.09. The number of nitrogens with one attached hydrogen (secondary N) is 1. The molecule has 0 saturated carbocycles. The SMILES string of the molecule is CCCNC(C)c1sc(-c2ccco2)nc1C. The number of hydrogen-bond acceptors (Lipinski definition) is 4. The van der Waals surface area contributed by atoms with Crippen molar-refractivity contribution in [3.05, 3.63) is 29.0 Å². The van der Waals surface area contributed by atoms with Crippen LogP contribution < -0.4 is 5.32 Å². The minimum absolute atomic E-state index is 0.358. The Balaban J connectivity index is 2.19. The van der Waals surface area contributed by atoms with Gasteiger partial charge in [0.05, 0.1) is 12.0 Å². The van der Waals surface area contributed by atoms with Crippen molar-refractivity contribution in [2.75, 3.05) is 6.54 Å². The first-order chi connectivity index (χ1) is 8.22. The van der Waals surface area contributed by atoms with Crippen LogP contribution in [0.4, 0.5) is 0 Å². The van der Waals surface area contributed by atoms with Crippen LogP contribution in [0.3, 0.4) is 0 Å². The molecule has 0 fully saturated rings. The molecule has 0 bridgehead atoms. The Hall–Kier alpha value is -1.13. The second-order valence-electron chi connectivity index (χ2n) is 4.12. The number of furan rings is 1. The molecule has 17 heavy (non-hydrogen) atoms. The zero-order valence-electron chi connectivity index (χ0n) is 10.5. The van der Waals surface area contributed by atoms with Gasteiger partial charge in [0.1, 0.15) is 0 Å². The first-order valence-corrected chi connectivity index (χ1v) is 6.78. The first kappa shape index (κ1) is 12.3. The Labute approximate surface area is 106 Å². The highest BCUT2D eigenvalue weighted by Gasteiger charge is 2.15. The van der Waals surface area contributed by atoms with Crippen LogP contribution in [0.15, 0.2) is 22.8 Å². The molecule has 0 amide bonds. The fourth-order valence-corrected chi connectivity index (χ4v) is 2.83. The highest BCUT2D eigenvalue weighted by atomic mass is 32.1. The van der Waals surface area contributed by atoms with Gasteiger partial charge < -0.3 is 9.73 Å². The van der Waals surface area contributed by atoms with E-state index in [2.05, 4.69) is 31.1 Å². The van der Waals surface area contributed by atoms with Crippen molar-refractivity contribution >= 4 is 11.3 Å². The molecule has 1 unspecified atom stereocenters. The quantitative estimate of drug-likeness (QED) is 0.877. The van der Waals surface area contributed by atoms with Crippen LogP contribution in [0, 0.1) is 6.92 Å². The highest BCUT2D eigenvalue weighted by molar-refractivity contribution is 7.15. The van der Waals surface area contributed by atoms with Gasteiger partial charge in [-0.2, -0.15) is 0 Å². The Morgan fingerprint density at radius 2 is 2.35 bits per heavy atom. The third-order valence-corrected chi connectivity index (χ3v) is 4.01. The molecule has 0 radical (unpaired) electrons. The lowest BCUT2D eigenvalue weighted by Gasteiger charge is -2.11. The molecule has 0 aliphatic heterocycles. The molecule has 92 valence electrons. The van der Waals surface area contributed by atoms with Gasteiger partial charge in [-0.3, -0.25) is 0 Å². The fraction of sp³-hybridized carbons (Fsp3) is 0.462. The molecule has 0 aromatic carbocycles. The lowest BCUT2D eigenvalue weighted by Crippen LogP contribution is -2.18. The van der Waals surface area contributed by atoms with Crippen molar-refractivity contribution in [2.24, 2.45) is 0 Å². The molecule has 0 aliphatic rings. The Morgan fingerprint density at radius 1 is 1.53 bits per heavy atom. The Bertz CT molecular complexity index is 462. The largest absolute Gasteiger partial charge is 0.462 e. The van der Waals surface area contributed by atoms with Crippen molar-refractivity contribution in [1.82, 2.24) is 10.3 Å². The van der Waals surface area contributed by atoms with Crippen molar-refractivity contribution in [3.8, 4) is 10.8 Å². The number of aromatic nitrogens is 1. The van der Waals surface area contributed by atoms with E-state index in [4.69, 9.17) is 4.42 Å².